The van der Waals surface area contributed by atoms with E-state index in [0.717, 1.165) is 28.4 Å². The number of nitrogens with one attached hydrogen (secondary N) is 1. The molecule has 1 amide bonds. The number of thioether (sulfide) groups is 1. The van der Waals surface area contributed by atoms with Crippen LogP contribution in [0.3, 0.4) is 0 Å². The average molecular weight is 500 g/mol. The van der Waals surface area contributed by atoms with Crippen LogP contribution in [0.25, 0.3) is 11.4 Å². The van der Waals surface area contributed by atoms with Crippen molar-refractivity contribution in [2.75, 3.05) is 30.1 Å². The maximum absolute atomic E-state index is 12.7. The van der Waals surface area contributed by atoms with Crippen LogP contribution in [0, 0.1) is 0 Å². The smallest absolute Gasteiger partial charge is 0.234 e. The number of rotatable bonds is 7. The van der Waals surface area contributed by atoms with Crippen molar-refractivity contribution < 1.29 is 14.3 Å². The average Bonchev–Trinajstić information content (AvgIpc) is 3.32. The lowest BCUT2D eigenvalue weighted by atomic mass is 10.0. The highest BCUT2D eigenvalue weighted by molar-refractivity contribution is 7.99. The minimum atomic E-state index is -0.194. The first-order valence-corrected chi connectivity index (χ1v) is 12.4. The summed E-state index contributed by atoms with van der Waals surface area (Å²) in [5, 5.41) is 12.5. The summed E-state index contributed by atoms with van der Waals surface area (Å²) < 4.78 is 7.41. The summed E-state index contributed by atoms with van der Waals surface area (Å²) in [6.07, 6.45) is -0.194. The maximum Gasteiger partial charge on any atom is 0.234 e. The van der Waals surface area contributed by atoms with Gasteiger partial charge >= 0.3 is 0 Å². The van der Waals surface area contributed by atoms with Gasteiger partial charge in [-0.15, -0.1) is 10.2 Å². The molecule has 5 rings (SSSR count). The second-order valence-electron chi connectivity index (χ2n) is 8.42. The Morgan fingerprint density at radius 3 is 2.42 bits per heavy atom. The largest absolute Gasteiger partial charge is 0.497 e. The van der Waals surface area contributed by atoms with Crippen molar-refractivity contribution in [3.63, 3.8) is 0 Å². The molecule has 1 unspecified atom stereocenters. The topological polar surface area (TPSA) is 89.3 Å². The van der Waals surface area contributed by atoms with Gasteiger partial charge in [0.05, 0.1) is 12.9 Å². The molecule has 8 nitrogen and oxygen atoms in total. The fourth-order valence-corrected chi connectivity index (χ4v) is 5.08. The van der Waals surface area contributed by atoms with E-state index in [1.807, 2.05) is 49.5 Å². The molecule has 4 aromatic rings. The predicted molar refractivity (Wildman–Crippen MR) is 141 cm³/mol. The van der Waals surface area contributed by atoms with Gasteiger partial charge in [0.25, 0.3) is 0 Å². The van der Waals surface area contributed by atoms with E-state index in [1.54, 1.807) is 31.4 Å². The Balaban J connectivity index is 1.42. The molecule has 1 aliphatic rings. The summed E-state index contributed by atoms with van der Waals surface area (Å²) in [5.74, 6) is 1.51. The monoisotopic (exact) mass is 499 g/mol. The number of nitrogens with zero attached hydrogens (tertiary/aromatic N) is 4. The third-order valence-corrected chi connectivity index (χ3v) is 7.07. The quantitative estimate of drug-likeness (QED) is 0.286. The number of amides is 1. The van der Waals surface area contributed by atoms with E-state index in [4.69, 9.17) is 4.74 Å². The van der Waals surface area contributed by atoms with E-state index in [-0.39, 0.29) is 23.6 Å². The second kappa shape index (κ2) is 9.87. The number of ketones is 1. The van der Waals surface area contributed by atoms with E-state index in [1.165, 1.54) is 18.7 Å². The van der Waals surface area contributed by atoms with Crippen molar-refractivity contribution in [2.45, 2.75) is 18.2 Å². The SMILES string of the molecule is COc1ccc(C2N(C)c3ccccc3-c3nnc(SCC(=O)Nc4ccc(C(C)=O)cc4)n32)cc1. The van der Waals surface area contributed by atoms with E-state index in [9.17, 15) is 9.59 Å². The third-order valence-electron chi connectivity index (χ3n) is 6.12. The number of Topliss-reactive ketones (excluding diaryl/α,β-unsaturated/α-hetero) is 1. The standard InChI is InChI=1S/C27H25N5O3S/c1-17(33)18-8-12-20(13-9-18)28-24(34)16-36-27-30-29-25-22-6-4-5-7-23(22)31(2)26(32(25)27)19-10-14-21(35-3)15-11-19/h4-15,26H,16H2,1-3H3,(H,28,34). The number of ether oxygens (including phenoxy) is 1. The second-order valence-corrected chi connectivity index (χ2v) is 9.36. The van der Waals surface area contributed by atoms with Crippen molar-refractivity contribution in [1.29, 1.82) is 0 Å². The van der Waals surface area contributed by atoms with Gasteiger partial charge in [0, 0.05) is 29.5 Å². The van der Waals surface area contributed by atoms with E-state index in [0.29, 0.717) is 16.4 Å². The predicted octanol–water partition coefficient (Wildman–Crippen LogP) is 4.88. The highest BCUT2D eigenvalue weighted by Crippen LogP contribution is 2.43. The minimum Gasteiger partial charge on any atom is -0.497 e. The van der Waals surface area contributed by atoms with Gasteiger partial charge in [-0.2, -0.15) is 0 Å². The Morgan fingerprint density at radius 2 is 1.72 bits per heavy atom. The normalized spacial score (nSPS) is 14.1. The molecule has 0 saturated carbocycles. The number of fused-ring (bicyclic) bond motifs is 3. The number of para-hydroxylation sites is 1. The zero-order chi connectivity index (χ0) is 25.2. The number of methoxy groups -OCH3 is 1. The molecule has 182 valence electrons. The van der Waals surface area contributed by atoms with Crippen molar-refractivity contribution in [2.24, 2.45) is 0 Å². The van der Waals surface area contributed by atoms with Crippen LogP contribution in [0.4, 0.5) is 11.4 Å². The summed E-state index contributed by atoms with van der Waals surface area (Å²) in [6, 6.07) is 22.9. The van der Waals surface area contributed by atoms with Crippen LogP contribution in [0.5, 0.6) is 5.75 Å². The summed E-state index contributed by atoms with van der Waals surface area (Å²) >= 11 is 1.33. The maximum atomic E-state index is 12.7. The fourth-order valence-electron chi connectivity index (χ4n) is 4.32. The lowest BCUT2D eigenvalue weighted by Gasteiger charge is -2.37. The lowest BCUT2D eigenvalue weighted by Crippen LogP contribution is -2.34. The third kappa shape index (κ3) is 4.45. The van der Waals surface area contributed by atoms with Crippen molar-refractivity contribution in [3.8, 4) is 17.1 Å². The van der Waals surface area contributed by atoms with Crippen LogP contribution in [-0.4, -0.2) is 46.4 Å². The summed E-state index contributed by atoms with van der Waals surface area (Å²) in [6.45, 7) is 1.51. The van der Waals surface area contributed by atoms with Crippen molar-refractivity contribution >= 4 is 34.8 Å². The zero-order valence-electron chi connectivity index (χ0n) is 20.1. The van der Waals surface area contributed by atoms with Gasteiger partial charge in [-0.05, 0) is 61.0 Å². The van der Waals surface area contributed by atoms with Crippen molar-refractivity contribution in [3.05, 3.63) is 83.9 Å². The van der Waals surface area contributed by atoms with Crippen LogP contribution >= 0.6 is 11.8 Å². The van der Waals surface area contributed by atoms with Crippen LogP contribution in [-0.2, 0) is 4.79 Å². The van der Waals surface area contributed by atoms with Crippen LogP contribution in [0.15, 0.2) is 78.0 Å². The molecule has 0 fully saturated rings. The highest BCUT2D eigenvalue weighted by Gasteiger charge is 2.33. The summed E-state index contributed by atoms with van der Waals surface area (Å²) in [7, 11) is 3.69. The molecule has 36 heavy (non-hydrogen) atoms. The van der Waals surface area contributed by atoms with Crippen LogP contribution in [0.1, 0.15) is 29.0 Å². The van der Waals surface area contributed by atoms with E-state index >= 15 is 0 Å². The number of carbonyl (C=O) groups excluding carboxylic acids is 2. The van der Waals surface area contributed by atoms with Gasteiger partial charge in [-0.3, -0.25) is 14.2 Å². The molecule has 0 aliphatic carbocycles. The molecule has 2 heterocycles. The van der Waals surface area contributed by atoms with Gasteiger partial charge < -0.3 is 15.0 Å². The Bertz CT molecular complexity index is 1420. The zero-order valence-corrected chi connectivity index (χ0v) is 21.0. The highest BCUT2D eigenvalue weighted by atomic mass is 32.2. The van der Waals surface area contributed by atoms with Gasteiger partial charge in [-0.1, -0.05) is 36.0 Å². The molecule has 1 N–H and O–H groups in total. The molecule has 0 spiro atoms. The molecular weight excluding hydrogens is 474 g/mol. The first-order valence-electron chi connectivity index (χ1n) is 11.4. The first kappa shape index (κ1) is 23.6. The van der Waals surface area contributed by atoms with Crippen LogP contribution in [0.2, 0.25) is 0 Å². The van der Waals surface area contributed by atoms with Crippen LogP contribution < -0.4 is 15.0 Å². The molecule has 9 heteroatoms. The van der Waals surface area contributed by atoms with Gasteiger partial charge in [-0.25, -0.2) is 0 Å². The Kier molecular flexibility index (Phi) is 6.47. The number of carbonyl (C=O) groups is 2. The molecule has 0 saturated heterocycles. The Labute approximate surface area is 213 Å². The van der Waals surface area contributed by atoms with Crippen molar-refractivity contribution in [1.82, 2.24) is 14.8 Å². The minimum absolute atomic E-state index is 0.0158. The van der Waals surface area contributed by atoms with Gasteiger partial charge in [0.2, 0.25) is 5.91 Å². The Morgan fingerprint density at radius 1 is 1.00 bits per heavy atom. The Hall–Kier alpha value is -4.11. The molecule has 3 aromatic carbocycles. The molecule has 0 radical (unpaired) electrons. The van der Waals surface area contributed by atoms with E-state index < -0.39 is 0 Å². The number of hydrogen-bond donors (Lipinski definition) is 1. The number of benzene rings is 3. The number of aromatic nitrogens is 3. The molecule has 0 bridgehead atoms. The molecule has 1 atom stereocenters. The van der Waals surface area contributed by atoms with Gasteiger partial charge in [0.15, 0.2) is 16.8 Å². The van der Waals surface area contributed by atoms with Gasteiger partial charge in [0.1, 0.15) is 11.9 Å². The summed E-state index contributed by atoms with van der Waals surface area (Å²) in [5.41, 5.74) is 4.33. The number of anilines is 2. The number of hydrogen-bond acceptors (Lipinski definition) is 7. The molecular formula is C27H25N5O3S. The lowest BCUT2D eigenvalue weighted by molar-refractivity contribution is -0.113. The molecule has 1 aromatic heterocycles. The summed E-state index contributed by atoms with van der Waals surface area (Å²) in [4.78, 5) is 26.4. The first-order chi connectivity index (χ1) is 17.5. The fraction of sp³-hybridized carbons (Fsp3) is 0.185. The molecule has 1 aliphatic heterocycles. The van der Waals surface area contributed by atoms with E-state index in [2.05, 4.69) is 31.0 Å².